The lowest BCUT2D eigenvalue weighted by Crippen LogP contribution is -2.40. The number of aliphatic hydroxyl groups excluding tert-OH is 1. The standard InChI is InChI=1S/C22H20FNO5S/c1-13-6-8-14(9-7-13)20(25)18-19(16-4-2-3-5-17(16)23)24(22(27)21(18)26)15-10-11-30(28,29)12-15/h2-9,15,19,25H,10-12H2,1H3/b20-18+. The molecule has 2 fully saturated rings. The van der Waals surface area contributed by atoms with Crippen LogP contribution in [0.3, 0.4) is 0 Å². The van der Waals surface area contributed by atoms with Crippen molar-refractivity contribution < 1.29 is 27.5 Å². The second-order valence-corrected chi connectivity index (χ2v) is 9.88. The summed E-state index contributed by atoms with van der Waals surface area (Å²) < 4.78 is 38.7. The third kappa shape index (κ3) is 3.41. The zero-order valence-corrected chi connectivity index (χ0v) is 17.0. The number of Topliss-reactive ketones (excluding diaryl/α,β-unsaturated/α-hetero) is 1. The van der Waals surface area contributed by atoms with Crippen LogP contribution in [0.5, 0.6) is 0 Å². The predicted octanol–water partition coefficient (Wildman–Crippen LogP) is 2.74. The summed E-state index contributed by atoms with van der Waals surface area (Å²) in [6.07, 6.45) is 0.158. The van der Waals surface area contributed by atoms with E-state index in [0.717, 1.165) is 10.5 Å². The Kier molecular flexibility index (Phi) is 4.97. The van der Waals surface area contributed by atoms with Crippen molar-refractivity contribution in [1.82, 2.24) is 4.90 Å². The quantitative estimate of drug-likeness (QED) is 0.460. The molecule has 8 heteroatoms. The highest BCUT2D eigenvalue weighted by Gasteiger charge is 2.51. The Morgan fingerprint density at radius 3 is 2.37 bits per heavy atom. The summed E-state index contributed by atoms with van der Waals surface area (Å²) in [4.78, 5) is 27.0. The van der Waals surface area contributed by atoms with E-state index in [4.69, 9.17) is 0 Å². The number of carbonyl (C=O) groups excluding carboxylic acids is 2. The second kappa shape index (κ2) is 7.36. The highest BCUT2D eigenvalue weighted by Crippen LogP contribution is 2.43. The summed E-state index contributed by atoms with van der Waals surface area (Å²) in [6, 6.07) is 10.4. The smallest absolute Gasteiger partial charge is 0.295 e. The maximum Gasteiger partial charge on any atom is 0.295 e. The van der Waals surface area contributed by atoms with Gasteiger partial charge in [-0.15, -0.1) is 0 Å². The lowest BCUT2D eigenvalue weighted by atomic mass is 9.94. The number of benzene rings is 2. The fraction of sp³-hybridized carbons (Fsp3) is 0.273. The molecule has 0 aromatic heterocycles. The Balaban J connectivity index is 1.91. The molecule has 2 aromatic rings. The first-order chi connectivity index (χ1) is 14.2. The topological polar surface area (TPSA) is 91.8 Å². The second-order valence-electron chi connectivity index (χ2n) is 7.65. The summed E-state index contributed by atoms with van der Waals surface area (Å²) in [5.41, 5.74) is 1.06. The molecule has 156 valence electrons. The van der Waals surface area contributed by atoms with E-state index in [0.29, 0.717) is 5.56 Å². The van der Waals surface area contributed by atoms with Gasteiger partial charge in [-0.3, -0.25) is 9.59 Å². The van der Waals surface area contributed by atoms with Crippen LogP contribution in [-0.2, 0) is 19.4 Å². The minimum Gasteiger partial charge on any atom is -0.507 e. The van der Waals surface area contributed by atoms with Crippen LogP contribution in [0, 0.1) is 12.7 Å². The average Bonchev–Trinajstić information content (AvgIpc) is 3.19. The Hall–Kier alpha value is -3.00. The first-order valence-electron chi connectivity index (χ1n) is 9.51. The van der Waals surface area contributed by atoms with Crippen LogP contribution in [0.25, 0.3) is 5.76 Å². The van der Waals surface area contributed by atoms with Crippen LogP contribution in [-0.4, -0.2) is 47.7 Å². The molecule has 1 amide bonds. The van der Waals surface area contributed by atoms with Gasteiger partial charge in [0.05, 0.1) is 23.1 Å². The minimum atomic E-state index is -3.36. The Labute approximate surface area is 173 Å². The number of rotatable bonds is 3. The number of carbonyl (C=O) groups is 2. The van der Waals surface area contributed by atoms with Gasteiger partial charge < -0.3 is 10.0 Å². The van der Waals surface area contributed by atoms with Crippen molar-refractivity contribution in [3.05, 3.63) is 76.6 Å². The van der Waals surface area contributed by atoms with Gasteiger partial charge in [-0.05, 0) is 19.4 Å². The van der Waals surface area contributed by atoms with Crippen molar-refractivity contribution in [1.29, 1.82) is 0 Å². The number of nitrogens with zero attached hydrogens (tertiary/aromatic N) is 1. The third-order valence-corrected chi connectivity index (χ3v) is 7.36. The number of sulfone groups is 1. The molecule has 0 saturated carbocycles. The molecule has 1 N–H and O–H groups in total. The van der Waals surface area contributed by atoms with Crippen molar-refractivity contribution in [3.63, 3.8) is 0 Å². The van der Waals surface area contributed by atoms with E-state index in [1.165, 1.54) is 18.2 Å². The predicted molar refractivity (Wildman–Crippen MR) is 109 cm³/mol. The molecule has 2 aliphatic rings. The zero-order valence-electron chi connectivity index (χ0n) is 16.2. The van der Waals surface area contributed by atoms with Gasteiger partial charge in [0.1, 0.15) is 11.6 Å². The molecule has 2 atom stereocenters. The van der Waals surface area contributed by atoms with Crippen LogP contribution < -0.4 is 0 Å². The molecule has 0 bridgehead atoms. The van der Waals surface area contributed by atoms with Crippen molar-refractivity contribution >= 4 is 27.3 Å². The van der Waals surface area contributed by atoms with E-state index in [-0.39, 0.29) is 29.1 Å². The summed E-state index contributed by atoms with van der Waals surface area (Å²) in [6.45, 7) is 1.86. The van der Waals surface area contributed by atoms with Gasteiger partial charge in [0.2, 0.25) is 0 Å². The monoisotopic (exact) mass is 429 g/mol. The molecule has 0 radical (unpaired) electrons. The average molecular weight is 429 g/mol. The van der Waals surface area contributed by atoms with Gasteiger partial charge in [0, 0.05) is 17.2 Å². The Morgan fingerprint density at radius 1 is 1.10 bits per heavy atom. The lowest BCUT2D eigenvalue weighted by molar-refractivity contribution is -0.141. The van der Waals surface area contributed by atoms with Gasteiger partial charge in [0.15, 0.2) is 9.84 Å². The third-order valence-electron chi connectivity index (χ3n) is 5.61. The van der Waals surface area contributed by atoms with Crippen molar-refractivity contribution in [2.45, 2.75) is 25.4 Å². The fourth-order valence-corrected chi connectivity index (χ4v) is 5.80. The number of ketones is 1. The molecular weight excluding hydrogens is 409 g/mol. The maximum absolute atomic E-state index is 14.7. The Morgan fingerprint density at radius 2 is 1.77 bits per heavy atom. The van der Waals surface area contributed by atoms with Crippen molar-refractivity contribution in [2.24, 2.45) is 0 Å². The molecule has 6 nitrogen and oxygen atoms in total. The van der Waals surface area contributed by atoms with E-state index in [1.807, 2.05) is 6.92 Å². The van der Waals surface area contributed by atoms with E-state index >= 15 is 0 Å². The van der Waals surface area contributed by atoms with Crippen molar-refractivity contribution in [2.75, 3.05) is 11.5 Å². The highest BCUT2D eigenvalue weighted by atomic mass is 32.2. The first-order valence-corrected chi connectivity index (χ1v) is 11.3. The molecule has 4 rings (SSSR count). The summed E-state index contributed by atoms with van der Waals surface area (Å²) >= 11 is 0. The van der Waals surface area contributed by atoms with Crippen molar-refractivity contribution in [3.8, 4) is 0 Å². The number of halogens is 1. The van der Waals surface area contributed by atoms with Gasteiger partial charge in [-0.25, -0.2) is 12.8 Å². The van der Waals surface area contributed by atoms with Gasteiger partial charge in [-0.1, -0.05) is 48.0 Å². The molecule has 2 aliphatic heterocycles. The lowest BCUT2D eigenvalue weighted by Gasteiger charge is -2.30. The van der Waals surface area contributed by atoms with E-state index < -0.39 is 45.2 Å². The summed E-state index contributed by atoms with van der Waals surface area (Å²) in [5.74, 6) is -3.35. The number of hydrogen-bond donors (Lipinski definition) is 1. The molecule has 2 unspecified atom stereocenters. The molecular formula is C22H20FNO5S. The van der Waals surface area contributed by atoms with E-state index in [2.05, 4.69) is 0 Å². The van der Waals surface area contributed by atoms with Crippen LogP contribution in [0.15, 0.2) is 54.1 Å². The molecule has 0 spiro atoms. The van der Waals surface area contributed by atoms with Gasteiger partial charge in [0.25, 0.3) is 11.7 Å². The van der Waals surface area contributed by atoms with Crippen LogP contribution in [0.4, 0.5) is 4.39 Å². The van der Waals surface area contributed by atoms with Crippen LogP contribution in [0.2, 0.25) is 0 Å². The largest absolute Gasteiger partial charge is 0.507 e. The molecule has 0 aliphatic carbocycles. The maximum atomic E-state index is 14.7. The van der Waals surface area contributed by atoms with Crippen LogP contribution in [0.1, 0.15) is 29.2 Å². The summed E-state index contributed by atoms with van der Waals surface area (Å²) in [7, 11) is -3.36. The fourth-order valence-electron chi connectivity index (χ4n) is 4.09. The number of amides is 1. The first kappa shape index (κ1) is 20.3. The van der Waals surface area contributed by atoms with Crippen LogP contribution >= 0.6 is 0 Å². The van der Waals surface area contributed by atoms with Gasteiger partial charge >= 0.3 is 0 Å². The molecule has 2 heterocycles. The normalized spacial score (nSPS) is 25.1. The number of likely N-dealkylation sites (tertiary alicyclic amines) is 1. The van der Waals surface area contributed by atoms with E-state index in [1.54, 1.807) is 30.3 Å². The molecule has 2 aromatic carbocycles. The SMILES string of the molecule is Cc1ccc(/C(O)=C2\C(=O)C(=O)N(C3CCS(=O)(=O)C3)C2c2ccccc2F)cc1. The Bertz CT molecular complexity index is 1170. The number of hydrogen-bond acceptors (Lipinski definition) is 5. The van der Waals surface area contributed by atoms with E-state index in [9.17, 15) is 27.5 Å². The molecule has 30 heavy (non-hydrogen) atoms. The zero-order chi connectivity index (χ0) is 21.6. The minimum absolute atomic E-state index is 0.0367. The molecule has 2 saturated heterocycles. The number of aryl methyl sites for hydroxylation is 1. The number of aliphatic hydroxyl groups is 1. The summed E-state index contributed by atoms with van der Waals surface area (Å²) in [5, 5.41) is 10.9. The van der Waals surface area contributed by atoms with Gasteiger partial charge in [-0.2, -0.15) is 0 Å². The highest BCUT2D eigenvalue weighted by molar-refractivity contribution is 7.91.